The number of benzene rings is 1. The molecule has 1 aliphatic heterocycles. The smallest absolute Gasteiger partial charge is 0.293 e. The van der Waals surface area contributed by atoms with E-state index in [0.717, 1.165) is 0 Å². The average molecular weight is 480 g/mol. The van der Waals surface area contributed by atoms with Crippen molar-refractivity contribution in [1.29, 1.82) is 0 Å². The van der Waals surface area contributed by atoms with E-state index in [4.69, 9.17) is 23.2 Å². The number of anilines is 1. The molecule has 2 amide bonds. The summed E-state index contributed by atoms with van der Waals surface area (Å²) in [4.78, 5) is 31.5. The first kappa shape index (κ1) is 21.7. The van der Waals surface area contributed by atoms with Crippen molar-refractivity contribution in [3.05, 3.63) is 45.4 Å². The molecule has 9 nitrogen and oxygen atoms in total. The number of hydrogen-bond acceptors (Lipinski definition) is 7. The maximum atomic E-state index is 13.0. The number of nitrogens with one attached hydrogen (secondary N) is 1. The minimum atomic E-state index is -0.278. The molecule has 1 aromatic carbocycles. The fraction of sp³-hybridized carbons (Fsp3) is 0.368. The van der Waals surface area contributed by atoms with Crippen LogP contribution in [0.5, 0.6) is 0 Å². The van der Waals surface area contributed by atoms with E-state index in [9.17, 15) is 9.59 Å². The first-order valence-corrected chi connectivity index (χ1v) is 11.4. The summed E-state index contributed by atoms with van der Waals surface area (Å²) in [5, 5.41) is 16.0. The van der Waals surface area contributed by atoms with Crippen LogP contribution in [0.25, 0.3) is 5.69 Å². The van der Waals surface area contributed by atoms with Gasteiger partial charge >= 0.3 is 0 Å². The molecule has 162 valence electrons. The van der Waals surface area contributed by atoms with Gasteiger partial charge in [-0.05, 0) is 25.0 Å². The van der Waals surface area contributed by atoms with Gasteiger partial charge in [-0.25, -0.2) is 9.67 Å². The van der Waals surface area contributed by atoms with E-state index in [1.165, 1.54) is 16.0 Å². The minimum Gasteiger partial charge on any atom is -0.336 e. The van der Waals surface area contributed by atoms with Crippen LogP contribution < -0.4 is 5.32 Å². The molecule has 31 heavy (non-hydrogen) atoms. The summed E-state index contributed by atoms with van der Waals surface area (Å²) in [6, 6.07) is 5.17. The Morgan fingerprint density at radius 2 is 1.94 bits per heavy atom. The first-order chi connectivity index (χ1) is 15.0. The van der Waals surface area contributed by atoms with E-state index >= 15 is 0 Å². The lowest BCUT2D eigenvalue weighted by molar-refractivity contribution is -0.121. The lowest BCUT2D eigenvalue weighted by Crippen LogP contribution is -2.41. The zero-order chi connectivity index (χ0) is 22.0. The second-order valence-corrected chi connectivity index (χ2v) is 8.63. The largest absolute Gasteiger partial charge is 0.336 e. The number of rotatable bonds is 5. The summed E-state index contributed by atoms with van der Waals surface area (Å²) in [5.41, 5.74) is 2.06. The molecule has 2 aromatic heterocycles. The molecule has 0 radical (unpaired) electrons. The highest BCUT2D eigenvalue weighted by atomic mass is 35.5. The van der Waals surface area contributed by atoms with Gasteiger partial charge in [0.15, 0.2) is 0 Å². The Balaban J connectivity index is 1.46. The Kier molecular flexibility index (Phi) is 6.49. The third-order valence-electron chi connectivity index (χ3n) is 5.07. The van der Waals surface area contributed by atoms with Crippen LogP contribution >= 0.6 is 34.5 Å². The van der Waals surface area contributed by atoms with Crippen LogP contribution in [0.4, 0.5) is 5.13 Å². The molecule has 1 aliphatic rings. The lowest BCUT2D eigenvalue weighted by Gasteiger charge is -2.30. The monoisotopic (exact) mass is 479 g/mol. The second-order valence-electron chi connectivity index (χ2n) is 6.99. The van der Waals surface area contributed by atoms with Crippen molar-refractivity contribution in [3.8, 4) is 5.69 Å². The molecular formula is C19H19Cl2N7O2S. The van der Waals surface area contributed by atoms with E-state index in [1.807, 2.05) is 6.92 Å². The predicted octanol–water partition coefficient (Wildman–Crippen LogP) is 3.48. The second kappa shape index (κ2) is 9.29. The third kappa shape index (κ3) is 4.56. The third-order valence-corrected chi connectivity index (χ3v) is 6.29. The highest BCUT2D eigenvalue weighted by molar-refractivity contribution is 7.13. The normalized spacial score (nSPS) is 14.6. The van der Waals surface area contributed by atoms with Crippen molar-refractivity contribution in [2.45, 2.75) is 26.2 Å². The van der Waals surface area contributed by atoms with E-state index in [-0.39, 0.29) is 23.6 Å². The highest BCUT2D eigenvalue weighted by Gasteiger charge is 2.30. The Morgan fingerprint density at radius 3 is 2.55 bits per heavy atom. The fourth-order valence-corrected chi connectivity index (χ4v) is 4.46. The Labute approximate surface area is 192 Å². The van der Waals surface area contributed by atoms with Crippen molar-refractivity contribution >= 4 is 51.5 Å². The van der Waals surface area contributed by atoms with Gasteiger partial charge in [0.25, 0.3) is 5.91 Å². The average Bonchev–Trinajstić information content (AvgIpc) is 3.43. The highest BCUT2D eigenvalue weighted by Crippen LogP contribution is 2.29. The molecule has 4 rings (SSSR count). The molecule has 0 bridgehead atoms. The first-order valence-electron chi connectivity index (χ1n) is 9.74. The lowest BCUT2D eigenvalue weighted by atomic mass is 9.96. The van der Waals surface area contributed by atoms with Gasteiger partial charge in [-0.3, -0.25) is 9.59 Å². The molecule has 12 heteroatoms. The topological polar surface area (TPSA) is 106 Å². The number of amides is 2. The van der Waals surface area contributed by atoms with Crippen LogP contribution in [0, 0.1) is 5.92 Å². The van der Waals surface area contributed by atoms with E-state index in [1.54, 1.807) is 28.6 Å². The number of para-hydroxylation sites is 1. The van der Waals surface area contributed by atoms with Gasteiger partial charge in [0.2, 0.25) is 16.9 Å². The quantitative estimate of drug-likeness (QED) is 0.600. The summed E-state index contributed by atoms with van der Waals surface area (Å²) in [6.45, 7) is 2.80. The molecule has 0 aliphatic carbocycles. The van der Waals surface area contributed by atoms with Gasteiger partial charge in [-0.15, -0.1) is 15.3 Å². The number of carbonyl (C=O) groups is 2. The summed E-state index contributed by atoms with van der Waals surface area (Å²) < 4.78 is 1.53. The van der Waals surface area contributed by atoms with Crippen molar-refractivity contribution in [2.75, 3.05) is 18.4 Å². The Morgan fingerprint density at radius 1 is 1.23 bits per heavy atom. The van der Waals surface area contributed by atoms with Crippen LogP contribution in [-0.2, 0) is 11.2 Å². The summed E-state index contributed by atoms with van der Waals surface area (Å²) >= 11 is 13.9. The number of carbonyl (C=O) groups excluding carboxylic acids is 2. The summed E-state index contributed by atoms with van der Waals surface area (Å²) in [5.74, 6) is 0.105. The zero-order valence-electron chi connectivity index (χ0n) is 16.6. The summed E-state index contributed by atoms with van der Waals surface area (Å²) in [6.07, 6.45) is 1.65. The Hall–Kier alpha value is -2.56. The van der Waals surface area contributed by atoms with Gasteiger partial charge in [-0.2, -0.15) is 0 Å². The number of nitrogens with zero attached hydrogens (tertiary/aromatic N) is 6. The molecule has 3 aromatic rings. The standard InChI is InChI=1S/C19H19Cl2N7O2S/c1-2-14-23-16(26-28(14)15-12(20)4-3-5-13(15)21)18(30)27-8-6-11(7-9-27)17(29)24-19-25-22-10-31-19/h3-5,10-11H,2,6-9H2,1H3,(H,24,25,29). The zero-order valence-corrected chi connectivity index (χ0v) is 18.9. The minimum absolute atomic E-state index is 0.0876. The molecule has 3 heterocycles. The van der Waals surface area contributed by atoms with E-state index < -0.39 is 0 Å². The fourth-order valence-electron chi connectivity index (χ4n) is 3.46. The van der Waals surface area contributed by atoms with Gasteiger partial charge in [0.05, 0.1) is 10.0 Å². The molecule has 1 fully saturated rings. The van der Waals surface area contributed by atoms with E-state index in [0.29, 0.717) is 59.0 Å². The van der Waals surface area contributed by atoms with Gasteiger partial charge in [0.1, 0.15) is 17.0 Å². The van der Waals surface area contributed by atoms with Crippen molar-refractivity contribution in [1.82, 2.24) is 29.9 Å². The number of likely N-dealkylation sites (tertiary alicyclic amines) is 1. The van der Waals surface area contributed by atoms with Crippen LogP contribution in [0.1, 0.15) is 36.2 Å². The number of aryl methyl sites for hydroxylation is 1. The van der Waals surface area contributed by atoms with Gasteiger partial charge in [-0.1, -0.05) is 47.5 Å². The molecule has 0 saturated carbocycles. The number of aromatic nitrogens is 5. The molecule has 0 unspecified atom stereocenters. The summed E-state index contributed by atoms with van der Waals surface area (Å²) in [7, 11) is 0. The SMILES string of the molecule is CCc1nc(C(=O)N2CCC(C(=O)Nc3nncs3)CC2)nn1-c1c(Cl)cccc1Cl. The molecule has 0 atom stereocenters. The van der Waals surface area contributed by atoms with Crippen LogP contribution in [-0.4, -0.2) is 54.8 Å². The van der Waals surface area contributed by atoms with Crippen molar-refractivity contribution in [2.24, 2.45) is 5.92 Å². The number of piperidine rings is 1. The maximum absolute atomic E-state index is 13.0. The van der Waals surface area contributed by atoms with Crippen LogP contribution in [0.2, 0.25) is 10.0 Å². The Bertz CT molecular complexity index is 1070. The maximum Gasteiger partial charge on any atom is 0.293 e. The molecule has 0 spiro atoms. The number of hydrogen-bond donors (Lipinski definition) is 1. The molecular weight excluding hydrogens is 461 g/mol. The molecule has 1 N–H and O–H groups in total. The van der Waals surface area contributed by atoms with Crippen molar-refractivity contribution < 1.29 is 9.59 Å². The number of halogens is 2. The van der Waals surface area contributed by atoms with Crippen LogP contribution in [0.3, 0.4) is 0 Å². The molecule has 1 saturated heterocycles. The van der Waals surface area contributed by atoms with Gasteiger partial charge < -0.3 is 10.2 Å². The van der Waals surface area contributed by atoms with E-state index in [2.05, 4.69) is 25.6 Å². The van der Waals surface area contributed by atoms with Crippen LogP contribution in [0.15, 0.2) is 23.7 Å². The predicted molar refractivity (Wildman–Crippen MR) is 118 cm³/mol. The van der Waals surface area contributed by atoms with Crippen molar-refractivity contribution in [3.63, 3.8) is 0 Å². The van der Waals surface area contributed by atoms with Gasteiger partial charge in [0, 0.05) is 25.4 Å².